The Hall–Kier alpha value is -1.98. The minimum Gasteiger partial charge on any atom is -0.493 e. The largest absolute Gasteiger partial charge is 0.493 e. The Kier molecular flexibility index (Phi) is 5.43. The fourth-order valence-corrected chi connectivity index (χ4v) is 4.27. The molecular formula is C19H19NO2S2. The van der Waals surface area contributed by atoms with E-state index in [-0.39, 0.29) is 0 Å². The number of para-hydroxylation sites is 1. The first-order chi connectivity index (χ1) is 11.7. The Labute approximate surface area is 150 Å². The highest BCUT2D eigenvalue weighted by Gasteiger charge is 2.14. The number of methoxy groups -OCH3 is 2. The summed E-state index contributed by atoms with van der Waals surface area (Å²) >= 11 is 3.43. The van der Waals surface area contributed by atoms with E-state index in [2.05, 4.69) is 36.6 Å². The summed E-state index contributed by atoms with van der Waals surface area (Å²) in [7, 11) is 3.30. The van der Waals surface area contributed by atoms with Crippen LogP contribution in [-0.2, 0) is 5.75 Å². The van der Waals surface area contributed by atoms with Gasteiger partial charge in [-0.1, -0.05) is 23.8 Å². The topological polar surface area (TPSA) is 31.4 Å². The molecule has 0 unspecified atom stereocenters. The van der Waals surface area contributed by atoms with Gasteiger partial charge in [-0.15, -0.1) is 23.1 Å². The van der Waals surface area contributed by atoms with Gasteiger partial charge in [-0.2, -0.15) is 0 Å². The SMILES string of the molecule is COc1cccc(-c2nc(CSc3cccc(C)c3)cs2)c1OC. The van der Waals surface area contributed by atoms with Crippen molar-refractivity contribution in [2.45, 2.75) is 17.6 Å². The molecule has 0 saturated carbocycles. The molecule has 3 aromatic rings. The molecule has 124 valence electrons. The van der Waals surface area contributed by atoms with Crippen LogP contribution >= 0.6 is 23.1 Å². The van der Waals surface area contributed by atoms with Crippen LogP contribution in [-0.4, -0.2) is 19.2 Å². The van der Waals surface area contributed by atoms with Gasteiger partial charge < -0.3 is 9.47 Å². The average molecular weight is 358 g/mol. The van der Waals surface area contributed by atoms with Crippen molar-refractivity contribution in [1.29, 1.82) is 0 Å². The standard InChI is InChI=1S/C19H19NO2S2/c1-13-6-4-7-15(10-13)23-11-14-12-24-19(20-14)16-8-5-9-17(21-2)18(16)22-3/h4-10,12H,11H2,1-3H3. The zero-order valence-electron chi connectivity index (χ0n) is 13.9. The molecule has 0 bridgehead atoms. The lowest BCUT2D eigenvalue weighted by Gasteiger charge is -2.10. The minimum absolute atomic E-state index is 0.723. The summed E-state index contributed by atoms with van der Waals surface area (Å²) in [4.78, 5) is 6.03. The number of aryl methyl sites for hydroxylation is 1. The van der Waals surface area contributed by atoms with Crippen LogP contribution in [0.15, 0.2) is 52.7 Å². The molecule has 1 heterocycles. The van der Waals surface area contributed by atoms with E-state index in [0.717, 1.165) is 33.5 Å². The molecule has 0 aliphatic rings. The minimum atomic E-state index is 0.723. The molecule has 0 N–H and O–H groups in total. The molecule has 0 radical (unpaired) electrons. The highest BCUT2D eigenvalue weighted by Crippen LogP contribution is 2.39. The zero-order valence-corrected chi connectivity index (χ0v) is 15.5. The maximum Gasteiger partial charge on any atom is 0.170 e. The van der Waals surface area contributed by atoms with Gasteiger partial charge in [0.2, 0.25) is 0 Å². The molecule has 3 rings (SSSR count). The number of ether oxygens (including phenoxy) is 2. The van der Waals surface area contributed by atoms with Gasteiger partial charge >= 0.3 is 0 Å². The second-order valence-electron chi connectivity index (χ2n) is 5.29. The van der Waals surface area contributed by atoms with E-state index in [4.69, 9.17) is 14.5 Å². The van der Waals surface area contributed by atoms with Gasteiger partial charge in [0.05, 0.1) is 25.5 Å². The van der Waals surface area contributed by atoms with E-state index < -0.39 is 0 Å². The number of benzene rings is 2. The molecule has 2 aromatic carbocycles. The summed E-state index contributed by atoms with van der Waals surface area (Å²) < 4.78 is 10.9. The summed E-state index contributed by atoms with van der Waals surface area (Å²) in [6, 6.07) is 14.4. The van der Waals surface area contributed by atoms with E-state index in [1.54, 1.807) is 37.3 Å². The molecule has 1 aromatic heterocycles. The summed E-state index contributed by atoms with van der Waals surface area (Å²) in [6.45, 7) is 2.11. The summed E-state index contributed by atoms with van der Waals surface area (Å²) in [5.41, 5.74) is 3.32. The number of aromatic nitrogens is 1. The lowest BCUT2D eigenvalue weighted by Crippen LogP contribution is -1.93. The Morgan fingerprint density at radius 1 is 1.08 bits per heavy atom. The molecule has 0 spiro atoms. The third-order valence-corrected chi connectivity index (χ3v) is 5.51. The van der Waals surface area contributed by atoms with Crippen LogP contribution < -0.4 is 9.47 Å². The van der Waals surface area contributed by atoms with E-state index >= 15 is 0 Å². The summed E-state index contributed by atoms with van der Waals surface area (Å²) in [5.74, 6) is 2.31. The third kappa shape index (κ3) is 3.74. The second kappa shape index (κ2) is 7.73. The summed E-state index contributed by atoms with van der Waals surface area (Å²) in [5, 5.41) is 3.06. The molecule has 0 fully saturated rings. The van der Waals surface area contributed by atoms with Crippen molar-refractivity contribution < 1.29 is 9.47 Å². The predicted octanol–water partition coefficient (Wildman–Crippen LogP) is 5.43. The Morgan fingerprint density at radius 2 is 1.92 bits per heavy atom. The van der Waals surface area contributed by atoms with Gasteiger partial charge in [-0.05, 0) is 31.2 Å². The maximum atomic E-state index is 5.51. The van der Waals surface area contributed by atoms with Gasteiger partial charge in [-0.25, -0.2) is 4.98 Å². The van der Waals surface area contributed by atoms with Crippen molar-refractivity contribution in [1.82, 2.24) is 4.98 Å². The Morgan fingerprint density at radius 3 is 2.67 bits per heavy atom. The van der Waals surface area contributed by atoms with Gasteiger partial charge in [0.1, 0.15) is 5.01 Å². The van der Waals surface area contributed by atoms with Crippen LogP contribution in [0.2, 0.25) is 0 Å². The summed E-state index contributed by atoms with van der Waals surface area (Å²) in [6.07, 6.45) is 0. The first-order valence-corrected chi connectivity index (χ1v) is 9.43. The number of hydrogen-bond acceptors (Lipinski definition) is 5. The highest BCUT2D eigenvalue weighted by atomic mass is 32.2. The fourth-order valence-electron chi connectivity index (χ4n) is 2.41. The number of thiazole rings is 1. The monoisotopic (exact) mass is 357 g/mol. The Bertz CT molecular complexity index is 830. The smallest absolute Gasteiger partial charge is 0.170 e. The van der Waals surface area contributed by atoms with Crippen molar-refractivity contribution in [3.05, 3.63) is 59.1 Å². The first kappa shape index (κ1) is 16.9. The molecule has 24 heavy (non-hydrogen) atoms. The molecule has 0 amide bonds. The fraction of sp³-hybridized carbons (Fsp3) is 0.211. The molecule has 0 aliphatic carbocycles. The molecule has 0 aliphatic heterocycles. The number of thioether (sulfide) groups is 1. The highest BCUT2D eigenvalue weighted by molar-refractivity contribution is 7.98. The van der Waals surface area contributed by atoms with E-state index in [9.17, 15) is 0 Å². The van der Waals surface area contributed by atoms with Crippen molar-refractivity contribution >= 4 is 23.1 Å². The number of nitrogens with zero attached hydrogens (tertiary/aromatic N) is 1. The quantitative estimate of drug-likeness (QED) is 0.551. The zero-order chi connectivity index (χ0) is 16.9. The van der Waals surface area contributed by atoms with Crippen LogP contribution in [0, 0.1) is 6.92 Å². The van der Waals surface area contributed by atoms with Crippen LogP contribution in [0.25, 0.3) is 10.6 Å². The predicted molar refractivity (Wildman–Crippen MR) is 101 cm³/mol. The van der Waals surface area contributed by atoms with Crippen molar-refractivity contribution in [2.24, 2.45) is 0 Å². The molecule has 0 saturated heterocycles. The van der Waals surface area contributed by atoms with E-state index in [1.165, 1.54) is 10.5 Å². The van der Waals surface area contributed by atoms with Crippen molar-refractivity contribution in [2.75, 3.05) is 14.2 Å². The number of rotatable bonds is 6. The molecule has 0 atom stereocenters. The normalized spacial score (nSPS) is 10.6. The van der Waals surface area contributed by atoms with Gasteiger partial charge in [-0.3, -0.25) is 0 Å². The van der Waals surface area contributed by atoms with Gasteiger partial charge in [0.25, 0.3) is 0 Å². The van der Waals surface area contributed by atoms with Crippen molar-refractivity contribution in [3.63, 3.8) is 0 Å². The number of hydrogen-bond donors (Lipinski definition) is 0. The Balaban J connectivity index is 1.79. The second-order valence-corrected chi connectivity index (χ2v) is 7.20. The average Bonchev–Trinajstić information content (AvgIpc) is 3.08. The van der Waals surface area contributed by atoms with Gasteiger partial charge in [0, 0.05) is 16.0 Å². The third-order valence-electron chi connectivity index (χ3n) is 3.56. The maximum absolute atomic E-state index is 5.51. The first-order valence-electron chi connectivity index (χ1n) is 7.56. The van der Waals surface area contributed by atoms with Crippen LogP contribution in [0.3, 0.4) is 0 Å². The van der Waals surface area contributed by atoms with Gasteiger partial charge in [0.15, 0.2) is 11.5 Å². The van der Waals surface area contributed by atoms with E-state index in [0.29, 0.717) is 0 Å². The molecule has 5 heteroatoms. The molecular weight excluding hydrogens is 338 g/mol. The van der Waals surface area contributed by atoms with Crippen molar-refractivity contribution in [3.8, 4) is 22.1 Å². The van der Waals surface area contributed by atoms with Crippen LogP contribution in [0.1, 0.15) is 11.3 Å². The lowest BCUT2D eigenvalue weighted by molar-refractivity contribution is 0.356. The van der Waals surface area contributed by atoms with E-state index in [1.807, 2.05) is 18.2 Å². The lowest BCUT2D eigenvalue weighted by atomic mass is 10.2. The van der Waals surface area contributed by atoms with Crippen LogP contribution in [0.4, 0.5) is 0 Å². The van der Waals surface area contributed by atoms with Crippen LogP contribution in [0.5, 0.6) is 11.5 Å². The molecule has 3 nitrogen and oxygen atoms in total.